The topological polar surface area (TPSA) is 63.6 Å². The summed E-state index contributed by atoms with van der Waals surface area (Å²) < 4.78 is 7.91. The lowest BCUT2D eigenvalue weighted by Gasteiger charge is -2.36. The van der Waals surface area contributed by atoms with E-state index >= 15 is 0 Å². The molecule has 0 spiro atoms. The summed E-state index contributed by atoms with van der Waals surface area (Å²) in [5.74, 6) is 0.118. The lowest BCUT2D eigenvalue weighted by atomic mass is 9.80. The molecular formula is C27H36BrN3O3. The zero-order chi connectivity index (χ0) is 24.2. The van der Waals surface area contributed by atoms with Crippen LogP contribution in [0, 0.1) is 12.8 Å². The van der Waals surface area contributed by atoms with Crippen molar-refractivity contribution in [2.24, 2.45) is 13.0 Å². The molecule has 1 saturated carbocycles. The number of methoxy groups -OCH3 is 1. The van der Waals surface area contributed by atoms with Crippen LogP contribution in [0.25, 0.3) is 0 Å². The summed E-state index contributed by atoms with van der Waals surface area (Å²) in [6, 6.07) is 8.45. The Morgan fingerprint density at radius 3 is 2.76 bits per heavy atom. The molecule has 0 bridgehead atoms. The highest BCUT2D eigenvalue weighted by Crippen LogP contribution is 2.36. The number of aryl methyl sites for hydroxylation is 2. The van der Waals surface area contributed by atoms with Gasteiger partial charge in [0.1, 0.15) is 0 Å². The Morgan fingerprint density at radius 1 is 1.26 bits per heavy atom. The van der Waals surface area contributed by atoms with Gasteiger partial charge in [0.25, 0.3) is 5.56 Å². The number of benzene rings is 1. The van der Waals surface area contributed by atoms with Crippen LogP contribution in [0.2, 0.25) is 0 Å². The number of nitrogens with zero attached hydrogens (tertiary/aromatic N) is 2. The first-order valence-electron chi connectivity index (χ1n) is 12.3. The smallest absolute Gasteiger partial charge is 0.250 e. The van der Waals surface area contributed by atoms with Gasteiger partial charge in [-0.05, 0) is 85.9 Å². The fourth-order valence-corrected chi connectivity index (χ4v) is 5.60. The first kappa shape index (κ1) is 25.1. The van der Waals surface area contributed by atoms with E-state index in [2.05, 4.69) is 45.2 Å². The molecule has 1 saturated heterocycles. The van der Waals surface area contributed by atoms with Gasteiger partial charge in [-0.15, -0.1) is 0 Å². The van der Waals surface area contributed by atoms with Crippen molar-refractivity contribution >= 4 is 21.8 Å². The number of ether oxygens (including phenoxy) is 1. The number of aromatic nitrogens is 1. The Morgan fingerprint density at radius 2 is 2.06 bits per heavy atom. The van der Waals surface area contributed by atoms with Crippen molar-refractivity contribution in [3.63, 3.8) is 0 Å². The van der Waals surface area contributed by atoms with Gasteiger partial charge in [-0.25, -0.2) is 0 Å². The van der Waals surface area contributed by atoms with Crippen molar-refractivity contribution in [2.45, 2.75) is 57.5 Å². The van der Waals surface area contributed by atoms with Gasteiger partial charge in [-0.1, -0.05) is 22.0 Å². The molecule has 1 aromatic carbocycles. The third kappa shape index (κ3) is 5.81. The average molecular weight is 531 g/mol. The van der Waals surface area contributed by atoms with Crippen LogP contribution in [-0.2, 0) is 29.5 Å². The van der Waals surface area contributed by atoms with E-state index in [0.717, 1.165) is 55.3 Å². The van der Waals surface area contributed by atoms with Crippen molar-refractivity contribution in [1.82, 2.24) is 14.8 Å². The number of hydrogen-bond donors (Lipinski definition) is 1. The molecule has 2 heterocycles. The maximum Gasteiger partial charge on any atom is 0.250 e. The molecule has 4 rings (SSSR count). The summed E-state index contributed by atoms with van der Waals surface area (Å²) in [6.45, 7) is 5.03. The molecule has 6 nitrogen and oxygen atoms in total. The molecule has 0 unspecified atom stereocenters. The number of halogens is 1. The molecule has 0 radical (unpaired) electrons. The maximum absolute atomic E-state index is 13.9. The van der Waals surface area contributed by atoms with E-state index in [9.17, 15) is 9.59 Å². The third-order valence-corrected chi connectivity index (χ3v) is 8.11. The van der Waals surface area contributed by atoms with Crippen LogP contribution in [0.15, 0.2) is 39.7 Å². The van der Waals surface area contributed by atoms with Crippen molar-refractivity contribution in [3.8, 4) is 0 Å². The normalized spacial score (nSPS) is 20.4. The van der Waals surface area contributed by atoms with E-state index in [1.165, 1.54) is 16.7 Å². The molecule has 1 amide bonds. The fourth-order valence-electron chi connectivity index (χ4n) is 5.05. The molecule has 2 aromatic rings. The van der Waals surface area contributed by atoms with E-state index in [0.29, 0.717) is 19.1 Å². The number of rotatable bonds is 9. The number of piperidine rings is 1. The molecular weight excluding hydrogens is 494 g/mol. The summed E-state index contributed by atoms with van der Waals surface area (Å²) in [5, 5.41) is 3.42. The number of pyridine rings is 1. The van der Waals surface area contributed by atoms with E-state index in [-0.39, 0.29) is 23.3 Å². The van der Waals surface area contributed by atoms with Crippen LogP contribution in [0.5, 0.6) is 0 Å². The summed E-state index contributed by atoms with van der Waals surface area (Å²) in [4.78, 5) is 28.3. The van der Waals surface area contributed by atoms with Gasteiger partial charge >= 0.3 is 0 Å². The molecule has 1 N–H and O–H groups in total. The first-order valence-corrected chi connectivity index (χ1v) is 13.1. The molecule has 1 aliphatic heterocycles. The summed E-state index contributed by atoms with van der Waals surface area (Å²) in [5.41, 5.74) is 4.69. The summed E-state index contributed by atoms with van der Waals surface area (Å²) in [6.07, 6.45) is 6.74. The van der Waals surface area contributed by atoms with Crippen LogP contribution in [0.1, 0.15) is 53.9 Å². The average Bonchev–Trinajstić information content (AvgIpc) is 3.67. The highest BCUT2D eigenvalue weighted by Gasteiger charge is 2.40. The maximum atomic E-state index is 13.9. The second-order valence-corrected chi connectivity index (χ2v) is 10.6. The minimum Gasteiger partial charge on any atom is -0.385 e. The number of amides is 1. The highest BCUT2D eigenvalue weighted by molar-refractivity contribution is 9.10. The number of hydrogen-bond acceptors (Lipinski definition) is 4. The molecule has 1 aromatic heterocycles. The van der Waals surface area contributed by atoms with Crippen molar-refractivity contribution in [1.29, 1.82) is 0 Å². The van der Waals surface area contributed by atoms with Gasteiger partial charge in [0.15, 0.2) is 0 Å². The number of carbonyl (C=O) groups excluding carboxylic acids is 1. The van der Waals surface area contributed by atoms with Crippen molar-refractivity contribution in [2.75, 3.05) is 26.8 Å². The van der Waals surface area contributed by atoms with Gasteiger partial charge in [-0.2, -0.15) is 0 Å². The molecule has 34 heavy (non-hydrogen) atoms. The van der Waals surface area contributed by atoms with Crippen LogP contribution >= 0.6 is 15.9 Å². The second kappa shape index (κ2) is 11.2. The molecule has 1 aliphatic carbocycles. The molecule has 184 valence electrons. The predicted molar refractivity (Wildman–Crippen MR) is 138 cm³/mol. The Bertz CT molecular complexity index is 1080. The molecule has 2 aliphatic rings. The van der Waals surface area contributed by atoms with Crippen molar-refractivity contribution < 1.29 is 9.53 Å². The van der Waals surface area contributed by atoms with Crippen LogP contribution in [0.4, 0.5) is 0 Å². The zero-order valence-electron chi connectivity index (χ0n) is 20.5. The second-order valence-electron chi connectivity index (χ2n) is 9.77. The van der Waals surface area contributed by atoms with Crippen molar-refractivity contribution in [3.05, 3.63) is 67.5 Å². The van der Waals surface area contributed by atoms with E-state index < -0.39 is 0 Å². The van der Waals surface area contributed by atoms with E-state index in [1.807, 2.05) is 12.3 Å². The van der Waals surface area contributed by atoms with Gasteiger partial charge in [0.2, 0.25) is 5.91 Å². The Hall–Kier alpha value is -1.96. The fraction of sp³-hybridized carbons (Fsp3) is 0.556. The standard InChI is InChI=1S/C27H36BrN3O3/c1-18-20(5-4-12-34-3)13-19(14-25(18)28)17-31(22-6-7-22)27(33)24-16-29-10-8-23(24)21-9-11-30(2)26(32)15-21/h9,11,13-15,22-24,29H,4-8,10,12,16-17H2,1-3H3/t23-,24+/m0/s1. The predicted octanol–water partition coefficient (Wildman–Crippen LogP) is 3.92. The van der Waals surface area contributed by atoms with Gasteiger partial charge < -0.3 is 19.5 Å². The van der Waals surface area contributed by atoms with Crippen LogP contribution < -0.4 is 10.9 Å². The minimum absolute atomic E-state index is 0.0215. The molecule has 2 atom stereocenters. The van der Waals surface area contributed by atoms with Crippen LogP contribution in [0.3, 0.4) is 0 Å². The first-order chi connectivity index (χ1) is 16.4. The SMILES string of the molecule is COCCCc1cc(CN(C(=O)[C@@H]2CNCC[C@H]2c2ccn(C)c(=O)c2)C2CC2)cc(Br)c1C. The highest BCUT2D eigenvalue weighted by atomic mass is 79.9. The monoisotopic (exact) mass is 529 g/mol. The number of nitrogens with one attached hydrogen (secondary N) is 1. The lowest BCUT2D eigenvalue weighted by molar-refractivity contribution is -0.138. The Labute approximate surface area is 210 Å². The Balaban J connectivity index is 1.56. The summed E-state index contributed by atoms with van der Waals surface area (Å²) in [7, 11) is 3.49. The minimum atomic E-state index is -0.156. The van der Waals surface area contributed by atoms with E-state index in [4.69, 9.17) is 4.74 Å². The van der Waals surface area contributed by atoms with E-state index in [1.54, 1.807) is 24.8 Å². The zero-order valence-corrected chi connectivity index (χ0v) is 22.1. The summed E-state index contributed by atoms with van der Waals surface area (Å²) >= 11 is 3.74. The largest absolute Gasteiger partial charge is 0.385 e. The third-order valence-electron chi connectivity index (χ3n) is 7.29. The quantitative estimate of drug-likeness (QED) is 0.500. The molecule has 2 fully saturated rings. The van der Waals surface area contributed by atoms with Gasteiger partial charge in [0.05, 0.1) is 5.92 Å². The lowest BCUT2D eigenvalue weighted by Crippen LogP contribution is -2.47. The molecule has 7 heteroatoms. The van der Waals surface area contributed by atoms with Crippen LogP contribution in [-0.4, -0.2) is 48.2 Å². The van der Waals surface area contributed by atoms with Gasteiger partial charge in [0, 0.05) is 56.6 Å². The van der Waals surface area contributed by atoms with Gasteiger partial charge in [-0.3, -0.25) is 9.59 Å². The number of carbonyl (C=O) groups is 1. The Kier molecular flexibility index (Phi) is 8.27.